The van der Waals surface area contributed by atoms with Crippen LogP contribution in [-0.2, 0) is 17.4 Å². The Morgan fingerprint density at radius 1 is 0.828 bits per heavy atom. The molecule has 0 heterocycles. The van der Waals surface area contributed by atoms with Crippen LogP contribution in [0.2, 0.25) is 0 Å². The summed E-state index contributed by atoms with van der Waals surface area (Å²) in [6, 6.07) is 15.2. The lowest BCUT2D eigenvalue weighted by molar-refractivity contribution is -0.138. The van der Waals surface area contributed by atoms with Gasteiger partial charge in [0.25, 0.3) is 0 Å². The molecule has 0 unspecified atom stereocenters. The summed E-state index contributed by atoms with van der Waals surface area (Å²) in [6.07, 6.45) is -4.83. The summed E-state index contributed by atoms with van der Waals surface area (Å²) in [5.41, 5.74) is -0.0469. The largest absolute Gasteiger partial charge is 0.426 e. The second-order valence-electron chi connectivity index (χ2n) is 6.21. The average molecular weight is 402 g/mol. The Morgan fingerprint density at radius 2 is 1.41 bits per heavy atom. The van der Waals surface area contributed by atoms with Crippen molar-refractivity contribution in [3.05, 3.63) is 101 Å². The van der Waals surface area contributed by atoms with E-state index in [0.29, 0.717) is 11.1 Å². The molecule has 0 radical (unpaired) electrons. The van der Waals surface area contributed by atoms with E-state index in [0.717, 1.165) is 12.1 Å². The molecule has 3 aromatic rings. The van der Waals surface area contributed by atoms with Gasteiger partial charge in [-0.1, -0.05) is 18.2 Å². The van der Waals surface area contributed by atoms with Crippen molar-refractivity contribution in [1.29, 1.82) is 0 Å². The highest BCUT2D eigenvalue weighted by molar-refractivity contribution is 6.09. The molecule has 0 spiro atoms. The van der Waals surface area contributed by atoms with Crippen molar-refractivity contribution in [2.45, 2.75) is 12.6 Å². The Bertz CT molecular complexity index is 1020. The number of halogens is 4. The molecule has 0 saturated heterocycles. The second kappa shape index (κ2) is 8.26. The number of ketones is 1. The smallest absolute Gasteiger partial charge is 0.416 e. The zero-order valence-corrected chi connectivity index (χ0v) is 14.9. The van der Waals surface area contributed by atoms with Gasteiger partial charge in [0.05, 0.1) is 12.0 Å². The van der Waals surface area contributed by atoms with Crippen molar-refractivity contribution in [3.8, 4) is 5.75 Å². The fourth-order valence-electron chi connectivity index (χ4n) is 2.63. The first kappa shape index (κ1) is 20.3. The Balaban J connectivity index is 1.64. The van der Waals surface area contributed by atoms with E-state index >= 15 is 0 Å². The minimum Gasteiger partial charge on any atom is -0.426 e. The predicted octanol–water partition coefficient (Wildman–Crippen LogP) is 5.22. The van der Waals surface area contributed by atoms with Crippen LogP contribution in [0.4, 0.5) is 17.6 Å². The van der Waals surface area contributed by atoms with Crippen molar-refractivity contribution in [2.24, 2.45) is 0 Å². The van der Waals surface area contributed by atoms with E-state index in [4.69, 9.17) is 4.74 Å². The second-order valence-corrected chi connectivity index (χ2v) is 6.21. The van der Waals surface area contributed by atoms with Gasteiger partial charge >= 0.3 is 12.1 Å². The van der Waals surface area contributed by atoms with E-state index in [1.165, 1.54) is 60.7 Å². The number of alkyl halides is 3. The average Bonchev–Trinajstić information content (AvgIpc) is 2.68. The molecule has 0 amide bonds. The quantitative estimate of drug-likeness (QED) is 0.254. The van der Waals surface area contributed by atoms with Crippen molar-refractivity contribution < 1.29 is 31.9 Å². The number of esters is 1. The van der Waals surface area contributed by atoms with Gasteiger partial charge in [0.2, 0.25) is 0 Å². The van der Waals surface area contributed by atoms with Crippen LogP contribution >= 0.6 is 0 Å². The van der Waals surface area contributed by atoms with E-state index in [2.05, 4.69) is 0 Å². The van der Waals surface area contributed by atoms with E-state index < -0.39 is 23.5 Å². The van der Waals surface area contributed by atoms with Crippen molar-refractivity contribution in [2.75, 3.05) is 0 Å². The molecule has 0 N–H and O–H groups in total. The number of hydrogen-bond donors (Lipinski definition) is 0. The topological polar surface area (TPSA) is 43.4 Å². The number of ether oxygens (including phenoxy) is 1. The highest BCUT2D eigenvalue weighted by Gasteiger charge is 2.30. The molecule has 0 bridgehead atoms. The third-order valence-corrected chi connectivity index (χ3v) is 4.06. The molecule has 3 nitrogen and oxygen atoms in total. The lowest BCUT2D eigenvalue weighted by Gasteiger charge is -2.09. The monoisotopic (exact) mass is 402 g/mol. The van der Waals surface area contributed by atoms with Gasteiger partial charge in [-0.05, 0) is 60.2 Å². The highest BCUT2D eigenvalue weighted by Crippen LogP contribution is 2.29. The summed E-state index contributed by atoms with van der Waals surface area (Å²) in [5.74, 6) is -1.36. The van der Waals surface area contributed by atoms with Gasteiger partial charge in [-0.2, -0.15) is 13.2 Å². The molecule has 3 rings (SSSR count). The summed E-state index contributed by atoms with van der Waals surface area (Å²) in [4.78, 5) is 24.3. The fourth-order valence-corrected chi connectivity index (χ4v) is 2.63. The predicted molar refractivity (Wildman–Crippen MR) is 97.1 cm³/mol. The van der Waals surface area contributed by atoms with Crippen molar-refractivity contribution in [3.63, 3.8) is 0 Å². The highest BCUT2D eigenvalue weighted by atomic mass is 19.4. The normalized spacial score (nSPS) is 11.2. The number of rotatable bonds is 5. The van der Waals surface area contributed by atoms with Gasteiger partial charge in [0, 0.05) is 11.1 Å². The van der Waals surface area contributed by atoms with Crippen molar-refractivity contribution >= 4 is 11.8 Å². The SMILES string of the molecule is O=C(Cc1cccc(C(F)(F)F)c1)Oc1ccc(C(=O)c2ccc(F)cc2)cc1. The minimum atomic E-state index is -4.49. The molecule has 0 fully saturated rings. The van der Waals surface area contributed by atoms with Crippen LogP contribution in [0.25, 0.3) is 0 Å². The van der Waals surface area contributed by atoms with Gasteiger partial charge in [0.1, 0.15) is 11.6 Å². The van der Waals surface area contributed by atoms with Gasteiger partial charge in [0.15, 0.2) is 5.78 Å². The number of carbonyl (C=O) groups is 2. The van der Waals surface area contributed by atoms with E-state index in [1.54, 1.807) is 0 Å². The van der Waals surface area contributed by atoms with Crippen LogP contribution in [0.15, 0.2) is 72.8 Å². The van der Waals surface area contributed by atoms with Crippen LogP contribution in [0.5, 0.6) is 5.75 Å². The minimum absolute atomic E-state index is 0.151. The van der Waals surface area contributed by atoms with E-state index in [9.17, 15) is 27.2 Å². The third kappa shape index (κ3) is 5.28. The lowest BCUT2D eigenvalue weighted by atomic mass is 10.0. The zero-order valence-electron chi connectivity index (χ0n) is 14.9. The van der Waals surface area contributed by atoms with E-state index in [-0.39, 0.29) is 23.5 Å². The maximum atomic E-state index is 12.9. The summed E-state index contributed by atoms with van der Waals surface area (Å²) in [6.45, 7) is 0. The summed E-state index contributed by atoms with van der Waals surface area (Å²) >= 11 is 0. The zero-order chi connectivity index (χ0) is 21.0. The van der Waals surface area contributed by atoms with Gasteiger partial charge < -0.3 is 4.74 Å². The van der Waals surface area contributed by atoms with Gasteiger partial charge in [-0.3, -0.25) is 9.59 Å². The van der Waals surface area contributed by atoms with Gasteiger partial charge in [-0.15, -0.1) is 0 Å². The standard InChI is InChI=1S/C22H14F4O3/c23-18-8-4-15(5-9-18)21(28)16-6-10-19(11-7-16)29-20(27)13-14-2-1-3-17(12-14)22(24,25)26/h1-12H,13H2. The molecule has 0 aliphatic heterocycles. The Hall–Kier alpha value is -3.48. The fraction of sp³-hybridized carbons (Fsp3) is 0.0909. The first-order valence-electron chi connectivity index (χ1n) is 8.49. The first-order chi connectivity index (χ1) is 13.7. The number of hydrogen-bond acceptors (Lipinski definition) is 3. The lowest BCUT2D eigenvalue weighted by Crippen LogP contribution is -2.12. The number of benzene rings is 3. The first-order valence-corrected chi connectivity index (χ1v) is 8.49. The van der Waals surface area contributed by atoms with Gasteiger partial charge in [-0.25, -0.2) is 4.39 Å². The van der Waals surface area contributed by atoms with Crippen LogP contribution in [0.1, 0.15) is 27.0 Å². The van der Waals surface area contributed by atoms with Crippen LogP contribution in [0, 0.1) is 5.82 Å². The maximum Gasteiger partial charge on any atom is 0.416 e. The molecule has 0 aromatic heterocycles. The maximum absolute atomic E-state index is 12.9. The Labute approximate surface area is 163 Å². The molecule has 3 aromatic carbocycles. The summed E-state index contributed by atoms with van der Waals surface area (Å²) < 4.78 is 56.3. The molecular formula is C22H14F4O3. The Morgan fingerprint density at radius 3 is 2.00 bits per heavy atom. The molecular weight excluding hydrogens is 388 g/mol. The molecule has 148 valence electrons. The molecule has 0 aliphatic rings. The molecule has 0 atom stereocenters. The van der Waals surface area contributed by atoms with Crippen LogP contribution in [-0.4, -0.2) is 11.8 Å². The summed E-state index contributed by atoms with van der Waals surface area (Å²) in [7, 11) is 0. The molecule has 0 saturated carbocycles. The summed E-state index contributed by atoms with van der Waals surface area (Å²) in [5, 5.41) is 0. The van der Waals surface area contributed by atoms with Crippen molar-refractivity contribution in [1.82, 2.24) is 0 Å². The molecule has 0 aliphatic carbocycles. The molecule has 29 heavy (non-hydrogen) atoms. The number of carbonyl (C=O) groups excluding carboxylic acids is 2. The van der Waals surface area contributed by atoms with Crippen LogP contribution in [0.3, 0.4) is 0 Å². The van der Waals surface area contributed by atoms with E-state index in [1.807, 2.05) is 0 Å². The van der Waals surface area contributed by atoms with Crippen LogP contribution < -0.4 is 4.74 Å². The molecule has 7 heteroatoms. The third-order valence-electron chi connectivity index (χ3n) is 4.06. The Kier molecular flexibility index (Phi) is 5.77.